The van der Waals surface area contributed by atoms with Crippen molar-refractivity contribution in [1.82, 2.24) is 9.97 Å². The molecule has 2 aromatic heterocycles. The molecule has 0 bridgehead atoms. The summed E-state index contributed by atoms with van der Waals surface area (Å²) in [6.07, 6.45) is -1.27. The van der Waals surface area contributed by atoms with Gasteiger partial charge in [0.05, 0.1) is 5.39 Å². The summed E-state index contributed by atoms with van der Waals surface area (Å²) in [5, 5.41) is 11.1. The van der Waals surface area contributed by atoms with Gasteiger partial charge in [0.1, 0.15) is 4.83 Å². The number of H-pyrrole nitrogens is 1. The van der Waals surface area contributed by atoms with E-state index in [2.05, 4.69) is 9.97 Å². The molecular weight excluding hydrogens is 278 g/mol. The molecule has 0 atom stereocenters. The minimum absolute atomic E-state index is 0.0727. The van der Waals surface area contributed by atoms with Gasteiger partial charge in [0.25, 0.3) is 5.56 Å². The van der Waals surface area contributed by atoms with Crippen LogP contribution in [0.1, 0.15) is 0 Å². The second-order valence-electron chi connectivity index (χ2n) is 4.04. The van der Waals surface area contributed by atoms with Crippen LogP contribution in [0.3, 0.4) is 0 Å². The Morgan fingerprint density at radius 2 is 2.05 bits per heavy atom. The van der Waals surface area contributed by atoms with Gasteiger partial charge in [-0.2, -0.15) is 0 Å². The molecule has 2 heterocycles. The van der Waals surface area contributed by atoms with Gasteiger partial charge in [0.2, 0.25) is 5.95 Å². The van der Waals surface area contributed by atoms with Crippen molar-refractivity contribution >= 4 is 33.6 Å². The number of hydrogen-bond acceptors (Lipinski definition) is 4. The Kier molecular flexibility index (Phi) is 2.96. The van der Waals surface area contributed by atoms with Crippen LogP contribution in [-0.2, 0) is 0 Å². The molecule has 0 unspecified atom stereocenters. The number of amides is 1. The molecule has 0 saturated heterocycles. The van der Waals surface area contributed by atoms with E-state index in [1.165, 1.54) is 11.3 Å². The van der Waals surface area contributed by atoms with Crippen molar-refractivity contribution in [1.29, 1.82) is 0 Å². The van der Waals surface area contributed by atoms with Crippen LogP contribution in [0.2, 0.25) is 0 Å². The SMILES string of the molecule is O=C(O)Nc1nc2sc(-c3ccccc3)cc2c(=O)[nH]1. The summed E-state index contributed by atoms with van der Waals surface area (Å²) in [6.45, 7) is 0. The largest absolute Gasteiger partial charge is 0.465 e. The van der Waals surface area contributed by atoms with Gasteiger partial charge in [0, 0.05) is 4.88 Å². The molecule has 1 amide bonds. The number of nitrogens with zero attached hydrogens (tertiary/aromatic N) is 1. The summed E-state index contributed by atoms with van der Waals surface area (Å²) in [6, 6.07) is 11.4. The molecule has 0 saturated carbocycles. The molecule has 3 rings (SSSR count). The fourth-order valence-corrected chi connectivity index (χ4v) is 2.87. The average Bonchev–Trinajstić information content (AvgIpc) is 2.83. The zero-order valence-electron chi connectivity index (χ0n) is 10.1. The highest BCUT2D eigenvalue weighted by Gasteiger charge is 2.11. The highest BCUT2D eigenvalue weighted by molar-refractivity contribution is 7.21. The van der Waals surface area contributed by atoms with Crippen molar-refractivity contribution in [3.8, 4) is 10.4 Å². The highest BCUT2D eigenvalue weighted by atomic mass is 32.1. The number of aromatic amines is 1. The zero-order chi connectivity index (χ0) is 14.1. The number of aromatic nitrogens is 2. The molecule has 0 fully saturated rings. The first-order valence-corrected chi connectivity index (χ1v) is 6.54. The molecule has 7 heteroatoms. The lowest BCUT2D eigenvalue weighted by molar-refractivity contribution is 0.209. The maximum atomic E-state index is 11.9. The fraction of sp³-hybridized carbons (Fsp3) is 0. The first-order valence-electron chi connectivity index (χ1n) is 5.73. The fourth-order valence-electron chi connectivity index (χ4n) is 1.84. The average molecular weight is 287 g/mol. The van der Waals surface area contributed by atoms with E-state index in [-0.39, 0.29) is 11.5 Å². The molecule has 0 spiro atoms. The number of anilines is 1. The summed E-state index contributed by atoms with van der Waals surface area (Å²) in [5.74, 6) is -0.0727. The molecule has 20 heavy (non-hydrogen) atoms. The third kappa shape index (κ3) is 2.26. The van der Waals surface area contributed by atoms with Gasteiger partial charge in [-0.3, -0.25) is 15.1 Å². The van der Waals surface area contributed by atoms with Crippen molar-refractivity contribution in [2.45, 2.75) is 0 Å². The second kappa shape index (κ2) is 4.78. The lowest BCUT2D eigenvalue weighted by Gasteiger charge is -1.98. The van der Waals surface area contributed by atoms with Crippen molar-refractivity contribution in [3.63, 3.8) is 0 Å². The first-order chi connectivity index (χ1) is 9.63. The number of fused-ring (bicyclic) bond motifs is 1. The topological polar surface area (TPSA) is 95.1 Å². The summed E-state index contributed by atoms with van der Waals surface area (Å²) < 4.78 is 0. The van der Waals surface area contributed by atoms with Crippen LogP contribution in [0.4, 0.5) is 10.7 Å². The Bertz CT molecular complexity index is 839. The van der Waals surface area contributed by atoms with Crippen LogP contribution in [0, 0.1) is 0 Å². The number of nitrogens with one attached hydrogen (secondary N) is 2. The molecule has 0 radical (unpaired) electrons. The van der Waals surface area contributed by atoms with Crippen molar-refractivity contribution in [2.24, 2.45) is 0 Å². The molecule has 0 aliphatic heterocycles. The van der Waals surface area contributed by atoms with E-state index in [9.17, 15) is 9.59 Å². The predicted octanol–water partition coefficient (Wildman–Crippen LogP) is 2.74. The number of thiophene rings is 1. The Hall–Kier alpha value is -2.67. The van der Waals surface area contributed by atoms with E-state index in [4.69, 9.17) is 5.11 Å². The van der Waals surface area contributed by atoms with Crippen molar-refractivity contribution < 1.29 is 9.90 Å². The minimum Gasteiger partial charge on any atom is -0.465 e. The standard InChI is InChI=1S/C13H9N3O3S/c17-10-8-6-9(7-4-2-1-3-5-7)20-11(8)15-12(14-10)16-13(18)19/h1-6H,(H,18,19)(H2,14,15,16,17). The number of carboxylic acid groups (broad SMARTS) is 1. The summed E-state index contributed by atoms with van der Waals surface area (Å²) in [5.41, 5.74) is 0.625. The van der Waals surface area contributed by atoms with E-state index < -0.39 is 6.09 Å². The zero-order valence-corrected chi connectivity index (χ0v) is 10.9. The van der Waals surface area contributed by atoms with Gasteiger partial charge >= 0.3 is 6.09 Å². The van der Waals surface area contributed by atoms with E-state index in [1.807, 2.05) is 35.6 Å². The minimum atomic E-state index is -1.27. The molecular formula is C13H9N3O3S. The molecule has 1 aromatic carbocycles. The Morgan fingerprint density at radius 3 is 2.75 bits per heavy atom. The van der Waals surface area contributed by atoms with Gasteiger partial charge in [-0.25, -0.2) is 9.78 Å². The van der Waals surface area contributed by atoms with Crippen LogP contribution < -0.4 is 10.9 Å². The predicted molar refractivity (Wildman–Crippen MR) is 77.3 cm³/mol. The van der Waals surface area contributed by atoms with Gasteiger partial charge in [-0.1, -0.05) is 30.3 Å². The highest BCUT2D eigenvalue weighted by Crippen LogP contribution is 2.30. The van der Waals surface area contributed by atoms with Crippen molar-refractivity contribution in [2.75, 3.05) is 5.32 Å². The van der Waals surface area contributed by atoms with Gasteiger partial charge in [-0.05, 0) is 11.6 Å². The third-order valence-electron chi connectivity index (χ3n) is 2.69. The summed E-state index contributed by atoms with van der Waals surface area (Å²) in [7, 11) is 0. The molecule has 0 aliphatic carbocycles. The van der Waals surface area contributed by atoms with E-state index >= 15 is 0 Å². The number of carbonyl (C=O) groups is 1. The van der Waals surface area contributed by atoms with Crippen LogP contribution in [0.25, 0.3) is 20.7 Å². The smallest absolute Gasteiger partial charge is 0.411 e. The number of benzene rings is 1. The van der Waals surface area contributed by atoms with Crippen LogP contribution in [-0.4, -0.2) is 21.2 Å². The maximum Gasteiger partial charge on any atom is 0.411 e. The summed E-state index contributed by atoms with van der Waals surface area (Å²) >= 11 is 1.34. The molecule has 3 aromatic rings. The van der Waals surface area contributed by atoms with E-state index in [0.29, 0.717) is 10.2 Å². The first kappa shape index (κ1) is 12.4. The normalized spacial score (nSPS) is 10.6. The van der Waals surface area contributed by atoms with Gasteiger partial charge in [0.15, 0.2) is 0 Å². The second-order valence-corrected chi connectivity index (χ2v) is 5.07. The molecule has 6 nitrogen and oxygen atoms in total. The lowest BCUT2D eigenvalue weighted by Crippen LogP contribution is -2.15. The third-order valence-corrected chi connectivity index (χ3v) is 3.76. The van der Waals surface area contributed by atoms with Gasteiger partial charge < -0.3 is 5.11 Å². The number of rotatable bonds is 2. The quantitative estimate of drug-likeness (QED) is 0.675. The Morgan fingerprint density at radius 1 is 1.30 bits per heavy atom. The van der Waals surface area contributed by atoms with Crippen LogP contribution >= 0.6 is 11.3 Å². The monoisotopic (exact) mass is 287 g/mol. The van der Waals surface area contributed by atoms with Crippen LogP contribution in [0.15, 0.2) is 41.2 Å². The summed E-state index contributed by atoms with van der Waals surface area (Å²) in [4.78, 5) is 30.4. The Labute approximate surface area is 116 Å². The molecule has 3 N–H and O–H groups in total. The van der Waals surface area contributed by atoms with Crippen molar-refractivity contribution in [3.05, 3.63) is 46.8 Å². The van der Waals surface area contributed by atoms with E-state index in [1.54, 1.807) is 6.07 Å². The van der Waals surface area contributed by atoms with Gasteiger partial charge in [-0.15, -0.1) is 11.3 Å². The molecule has 0 aliphatic rings. The van der Waals surface area contributed by atoms with Crippen LogP contribution in [0.5, 0.6) is 0 Å². The Balaban J connectivity index is 2.14. The maximum absolute atomic E-state index is 11.9. The van der Waals surface area contributed by atoms with E-state index in [0.717, 1.165) is 10.4 Å². The molecule has 100 valence electrons. The number of hydrogen-bond donors (Lipinski definition) is 3. The lowest BCUT2D eigenvalue weighted by atomic mass is 10.2.